The molecule has 0 spiro atoms. The van der Waals surface area contributed by atoms with E-state index in [2.05, 4.69) is 27.7 Å². The number of allylic oxidation sites excluding steroid dienone is 2. The summed E-state index contributed by atoms with van der Waals surface area (Å²) in [5, 5.41) is 0. The van der Waals surface area contributed by atoms with Crippen LogP contribution in [0.4, 0.5) is 0 Å². The highest BCUT2D eigenvalue weighted by molar-refractivity contribution is 4.96. The first-order chi connectivity index (χ1) is 5.20. The van der Waals surface area contributed by atoms with E-state index < -0.39 is 0 Å². The van der Waals surface area contributed by atoms with E-state index in [1.54, 1.807) is 12.5 Å². The molecule has 11 heavy (non-hydrogen) atoms. The summed E-state index contributed by atoms with van der Waals surface area (Å²) in [6, 6.07) is 0. The van der Waals surface area contributed by atoms with Gasteiger partial charge in [-0.2, -0.15) is 0 Å². The minimum Gasteiger partial charge on any atom is -0.473 e. The van der Waals surface area contributed by atoms with Crippen molar-refractivity contribution in [3.05, 3.63) is 23.7 Å². The Morgan fingerprint density at radius 3 is 1.64 bits per heavy atom. The zero-order valence-electron chi connectivity index (χ0n) is 7.98. The average Bonchev–Trinajstić information content (AvgIpc) is 2.04. The number of rotatable bonds is 4. The van der Waals surface area contributed by atoms with Crippen LogP contribution in [0.25, 0.3) is 0 Å². The fourth-order valence-electron chi connectivity index (χ4n) is 0.433. The van der Waals surface area contributed by atoms with Crippen molar-refractivity contribution < 1.29 is 4.74 Å². The van der Waals surface area contributed by atoms with Crippen LogP contribution in [0.5, 0.6) is 0 Å². The maximum Gasteiger partial charge on any atom is 0.0890 e. The van der Waals surface area contributed by atoms with Crippen LogP contribution >= 0.6 is 0 Å². The second-order valence-electron chi connectivity index (χ2n) is 2.77. The van der Waals surface area contributed by atoms with Gasteiger partial charge in [0, 0.05) is 0 Å². The van der Waals surface area contributed by atoms with Crippen LogP contribution < -0.4 is 0 Å². The molecule has 0 aromatic heterocycles. The molecule has 0 heterocycles. The molecule has 0 aliphatic rings. The van der Waals surface area contributed by atoms with E-state index in [1.807, 2.05) is 0 Å². The van der Waals surface area contributed by atoms with Crippen LogP contribution in [0.1, 0.15) is 40.5 Å². The van der Waals surface area contributed by atoms with Gasteiger partial charge >= 0.3 is 0 Å². The van der Waals surface area contributed by atoms with Crippen molar-refractivity contribution in [1.29, 1.82) is 0 Å². The van der Waals surface area contributed by atoms with E-state index in [4.69, 9.17) is 4.74 Å². The molecule has 0 aliphatic heterocycles. The van der Waals surface area contributed by atoms with Crippen molar-refractivity contribution in [2.24, 2.45) is 0 Å². The number of ether oxygens (including phenoxy) is 1. The lowest BCUT2D eigenvalue weighted by molar-refractivity contribution is 0.390. The monoisotopic (exact) mass is 154 g/mol. The SMILES string of the molecule is CCC(C)=COC=C(C)CC. The molecule has 0 aromatic carbocycles. The highest BCUT2D eigenvalue weighted by Gasteiger charge is 1.83. The number of hydrogen-bond acceptors (Lipinski definition) is 1. The van der Waals surface area contributed by atoms with Gasteiger partial charge in [0.2, 0.25) is 0 Å². The van der Waals surface area contributed by atoms with Gasteiger partial charge in [-0.1, -0.05) is 13.8 Å². The summed E-state index contributed by atoms with van der Waals surface area (Å²) in [5.41, 5.74) is 2.54. The van der Waals surface area contributed by atoms with Crippen LogP contribution in [-0.2, 0) is 4.74 Å². The topological polar surface area (TPSA) is 9.23 Å². The van der Waals surface area contributed by atoms with Crippen LogP contribution in [-0.4, -0.2) is 0 Å². The van der Waals surface area contributed by atoms with Gasteiger partial charge in [0.15, 0.2) is 0 Å². The van der Waals surface area contributed by atoms with E-state index in [-0.39, 0.29) is 0 Å². The van der Waals surface area contributed by atoms with Crippen molar-refractivity contribution in [1.82, 2.24) is 0 Å². The molecule has 0 N–H and O–H groups in total. The summed E-state index contributed by atoms with van der Waals surface area (Å²) in [6.45, 7) is 8.36. The van der Waals surface area contributed by atoms with E-state index in [0.29, 0.717) is 0 Å². The van der Waals surface area contributed by atoms with Crippen LogP contribution in [0.3, 0.4) is 0 Å². The fourth-order valence-corrected chi connectivity index (χ4v) is 0.433. The Labute approximate surface area is 69.8 Å². The fraction of sp³-hybridized carbons (Fsp3) is 0.600. The highest BCUT2D eigenvalue weighted by Crippen LogP contribution is 2.01. The molecule has 64 valence electrons. The van der Waals surface area contributed by atoms with E-state index >= 15 is 0 Å². The van der Waals surface area contributed by atoms with Gasteiger partial charge < -0.3 is 4.74 Å². The molecule has 0 radical (unpaired) electrons. The molecule has 0 unspecified atom stereocenters. The Balaban J connectivity index is 3.71. The summed E-state index contributed by atoms with van der Waals surface area (Å²) >= 11 is 0. The molecular formula is C10H18O. The Morgan fingerprint density at radius 1 is 1.00 bits per heavy atom. The molecule has 0 saturated heterocycles. The molecule has 0 bridgehead atoms. The molecule has 0 rings (SSSR count). The zero-order valence-corrected chi connectivity index (χ0v) is 7.98. The summed E-state index contributed by atoms with van der Waals surface area (Å²) in [4.78, 5) is 0. The van der Waals surface area contributed by atoms with Gasteiger partial charge in [0.1, 0.15) is 0 Å². The van der Waals surface area contributed by atoms with Gasteiger partial charge in [-0.15, -0.1) is 0 Å². The molecule has 0 atom stereocenters. The molecule has 1 nitrogen and oxygen atoms in total. The van der Waals surface area contributed by atoms with Crippen LogP contribution in [0, 0.1) is 0 Å². The Hall–Kier alpha value is -0.720. The highest BCUT2D eigenvalue weighted by atomic mass is 16.5. The van der Waals surface area contributed by atoms with E-state index in [0.717, 1.165) is 12.8 Å². The smallest absolute Gasteiger partial charge is 0.0890 e. The average molecular weight is 154 g/mol. The third kappa shape index (κ3) is 5.71. The van der Waals surface area contributed by atoms with Gasteiger partial charge in [-0.05, 0) is 37.8 Å². The first-order valence-electron chi connectivity index (χ1n) is 4.17. The molecule has 0 aliphatic carbocycles. The van der Waals surface area contributed by atoms with Gasteiger partial charge in [0.05, 0.1) is 12.5 Å². The maximum atomic E-state index is 5.21. The van der Waals surface area contributed by atoms with Crippen LogP contribution in [0.15, 0.2) is 23.7 Å². The second kappa shape index (κ2) is 6.02. The predicted molar refractivity (Wildman–Crippen MR) is 49.2 cm³/mol. The second-order valence-corrected chi connectivity index (χ2v) is 2.77. The Bertz CT molecular complexity index is 136. The first kappa shape index (κ1) is 10.3. The van der Waals surface area contributed by atoms with Gasteiger partial charge in [-0.3, -0.25) is 0 Å². The Morgan fingerprint density at radius 2 is 1.36 bits per heavy atom. The lowest BCUT2D eigenvalue weighted by atomic mass is 10.3. The quantitative estimate of drug-likeness (QED) is 0.562. The Kier molecular flexibility index (Phi) is 5.63. The maximum absolute atomic E-state index is 5.21. The first-order valence-corrected chi connectivity index (χ1v) is 4.17. The summed E-state index contributed by atoms with van der Waals surface area (Å²) in [5.74, 6) is 0. The molecule has 0 amide bonds. The zero-order chi connectivity index (χ0) is 8.69. The lowest BCUT2D eigenvalue weighted by Crippen LogP contribution is -1.76. The molecule has 0 saturated carbocycles. The van der Waals surface area contributed by atoms with Crippen molar-refractivity contribution in [3.8, 4) is 0 Å². The normalized spacial score (nSPS) is 13.5. The third-order valence-electron chi connectivity index (χ3n) is 1.65. The molecule has 1 heteroatoms. The van der Waals surface area contributed by atoms with E-state index in [9.17, 15) is 0 Å². The molecule has 0 aromatic rings. The standard InChI is InChI=1S/C10H18O/c1-5-9(3)7-11-8-10(4)6-2/h7-8H,5-6H2,1-4H3. The number of hydrogen-bond donors (Lipinski definition) is 0. The third-order valence-corrected chi connectivity index (χ3v) is 1.65. The lowest BCUT2D eigenvalue weighted by Gasteiger charge is -1.97. The van der Waals surface area contributed by atoms with Crippen LogP contribution in [0.2, 0.25) is 0 Å². The van der Waals surface area contributed by atoms with Gasteiger partial charge in [0.25, 0.3) is 0 Å². The minimum atomic E-state index is 1.05. The van der Waals surface area contributed by atoms with Crippen molar-refractivity contribution >= 4 is 0 Å². The summed E-state index contributed by atoms with van der Waals surface area (Å²) < 4.78 is 5.21. The predicted octanol–water partition coefficient (Wildman–Crippen LogP) is 3.63. The molecule has 0 fully saturated rings. The van der Waals surface area contributed by atoms with E-state index in [1.165, 1.54) is 11.1 Å². The largest absolute Gasteiger partial charge is 0.473 e. The van der Waals surface area contributed by atoms with Crippen molar-refractivity contribution in [2.75, 3.05) is 0 Å². The van der Waals surface area contributed by atoms with Crippen molar-refractivity contribution in [3.63, 3.8) is 0 Å². The molecular weight excluding hydrogens is 136 g/mol. The van der Waals surface area contributed by atoms with Crippen molar-refractivity contribution in [2.45, 2.75) is 40.5 Å². The minimum absolute atomic E-state index is 1.05. The summed E-state index contributed by atoms with van der Waals surface area (Å²) in [7, 11) is 0. The van der Waals surface area contributed by atoms with Gasteiger partial charge in [-0.25, -0.2) is 0 Å². The summed E-state index contributed by atoms with van der Waals surface area (Å²) in [6.07, 6.45) is 5.72.